The molecule has 0 bridgehead atoms. The van der Waals surface area contributed by atoms with Crippen LogP contribution in [0.15, 0.2) is 156 Å². The molecule has 9 aromatic rings. The average Bonchev–Trinajstić information content (AvgIpc) is 3.63. The van der Waals surface area contributed by atoms with Gasteiger partial charge in [0.05, 0.1) is 11.0 Å². The highest BCUT2D eigenvalue weighted by molar-refractivity contribution is 6.28. The predicted octanol–water partition coefficient (Wildman–Crippen LogP) is 11.2. The van der Waals surface area contributed by atoms with Gasteiger partial charge in [-0.15, -0.1) is 0 Å². The van der Waals surface area contributed by atoms with E-state index < -0.39 is 0 Å². The number of benzene rings is 7. The molecule has 0 atom stereocenters. The first-order valence-corrected chi connectivity index (χ1v) is 14.4. The van der Waals surface area contributed by atoms with Crippen LogP contribution in [-0.2, 0) is 0 Å². The molecule has 0 radical (unpaired) electrons. The van der Waals surface area contributed by atoms with Crippen molar-refractivity contribution in [2.24, 2.45) is 0 Å². The summed E-state index contributed by atoms with van der Waals surface area (Å²) >= 11 is 0. The summed E-state index contributed by atoms with van der Waals surface area (Å²) in [5, 5.41) is 8.49. The second-order valence-corrected chi connectivity index (χ2v) is 10.9. The van der Waals surface area contributed by atoms with Crippen LogP contribution in [0.1, 0.15) is 0 Å². The highest BCUT2D eigenvalue weighted by atomic mass is 16.3. The predicted molar refractivity (Wildman–Crippen MR) is 176 cm³/mol. The molecule has 0 saturated carbocycles. The summed E-state index contributed by atoms with van der Waals surface area (Å²) in [6.07, 6.45) is 0. The molecule has 2 aromatic heterocycles. The van der Waals surface area contributed by atoms with Crippen LogP contribution >= 0.6 is 0 Å². The first-order valence-electron chi connectivity index (χ1n) is 14.4. The van der Waals surface area contributed by atoms with Crippen molar-refractivity contribution < 1.29 is 4.42 Å². The molecule has 0 spiro atoms. The monoisotopic (exact) mass is 535 g/mol. The Hall–Kier alpha value is -5.60. The standard InChI is InChI=1S/C40H25NO/c1-2-12-26(13-3-1)37-38-33-18-6-4-14-29(33)30-15-5-7-19-34(30)40(38)42-39(37)27-22-24-28(25-23-27)41-35-20-10-8-16-31(35)32-17-9-11-21-36(32)41/h1-25H. The topological polar surface area (TPSA) is 18.1 Å². The van der Waals surface area contributed by atoms with E-state index in [0.29, 0.717) is 0 Å². The quantitative estimate of drug-likeness (QED) is 0.206. The van der Waals surface area contributed by atoms with Crippen LogP contribution in [-0.4, -0.2) is 4.57 Å². The molecule has 42 heavy (non-hydrogen) atoms. The fourth-order valence-corrected chi connectivity index (χ4v) is 6.78. The lowest BCUT2D eigenvalue weighted by Gasteiger charge is -2.10. The minimum absolute atomic E-state index is 0.895. The zero-order valence-electron chi connectivity index (χ0n) is 22.8. The van der Waals surface area contributed by atoms with Gasteiger partial charge in [0.2, 0.25) is 0 Å². The molecule has 9 rings (SSSR count). The lowest BCUT2D eigenvalue weighted by molar-refractivity contribution is 0.636. The molecule has 2 heteroatoms. The van der Waals surface area contributed by atoms with Gasteiger partial charge < -0.3 is 8.98 Å². The molecule has 196 valence electrons. The van der Waals surface area contributed by atoms with E-state index in [1.165, 1.54) is 38.0 Å². The third kappa shape index (κ3) is 3.27. The number of nitrogens with zero attached hydrogens (tertiary/aromatic N) is 1. The first-order chi connectivity index (χ1) is 20.9. The smallest absolute Gasteiger partial charge is 0.143 e. The molecule has 0 fully saturated rings. The molecule has 2 heterocycles. The van der Waals surface area contributed by atoms with E-state index in [4.69, 9.17) is 4.42 Å². The van der Waals surface area contributed by atoms with Crippen LogP contribution in [0.5, 0.6) is 0 Å². The third-order valence-corrected chi connectivity index (χ3v) is 8.60. The Bertz CT molecular complexity index is 2390. The van der Waals surface area contributed by atoms with Gasteiger partial charge in [0.1, 0.15) is 11.3 Å². The van der Waals surface area contributed by atoms with Crippen molar-refractivity contribution in [2.45, 2.75) is 0 Å². The summed E-state index contributed by atoms with van der Waals surface area (Å²) in [6.45, 7) is 0. The van der Waals surface area contributed by atoms with E-state index in [-0.39, 0.29) is 0 Å². The van der Waals surface area contributed by atoms with E-state index in [9.17, 15) is 0 Å². The Morgan fingerprint density at radius 2 is 0.881 bits per heavy atom. The van der Waals surface area contributed by atoms with Crippen molar-refractivity contribution in [2.75, 3.05) is 0 Å². The lowest BCUT2D eigenvalue weighted by Crippen LogP contribution is -1.93. The van der Waals surface area contributed by atoms with Crippen molar-refractivity contribution in [1.29, 1.82) is 0 Å². The number of fused-ring (bicyclic) bond motifs is 9. The van der Waals surface area contributed by atoms with Gasteiger partial charge >= 0.3 is 0 Å². The molecule has 2 nitrogen and oxygen atoms in total. The maximum absolute atomic E-state index is 6.93. The van der Waals surface area contributed by atoms with E-state index in [1.54, 1.807) is 0 Å². The van der Waals surface area contributed by atoms with Crippen molar-refractivity contribution in [1.82, 2.24) is 4.57 Å². The van der Waals surface area contributed by atoms with Crippen LogP contribution < -0.4 is 0 Å². The molecule has 0 unspecified atom stereocenters. The number of furan rings is 1. The zero-order valence-corrected chi connectivity index (χ0v) is 22.8. The summed E-state index contributed by atoms with van der Waals surface area (Å²) in [7, 11) is 0. The van der Waals surface area contributed by atoms with Gasteiger partial charge in [-0.2, -0.15) is 0 Å². The van der Waals surface area contributed by atoms with Gasteiger partial charge in [0, 0.05) is 38.4 Å². The van der Waals surface area contributed by atoms with Gasteiger partial charge in [-0.05, 0) is 58.1 Å². The van der Waals surface area contributed by atoms with Gasteiger partial charge in [-0.3, -0.25) is 0 Å². The SMILES string of the molecule is c1ccc(-c2c(-c3ccc(-n4c5ccccc5c5ccccc54)cc3)oc3c4ccccc4c4ccccc4c23)cc1. The largest absolute Gasteiger partial charge is 0.455 e. The van der Waals surface area contributed by atoms with Crippen LogP contribution in [0.25, 0.3) is 82.5 Å². The number of hydrogen-bond donors (Lipinski definition) is 0. The van der Waals surface area contributed by atoms with Crippen LogP contribution in [0.3, 0.4) is 0 Å². The highest BCUT2D eigenvalue weighted by Gasteiger charge is 2.22. The Morgan fingerprint density at radius 3 is 1.52 bits per heavy atom. The normalized spacial score (nSPS) is 11.8. The number of aromatic nitrogens is 1. The Labute approximate surface area is 242 Å². The number of para-hydroxylation sites is 2. The van der Waals surface area contributed by atoms with Crippen LogP contribution in [0, 0.1) is 0 Å². The van der Waals surface area contributed by atoms with Crippen molar-refractivity contribution in [3.05, 3.63) is 152 Å². The lowest BCUT2D eigenvalue weighted by atomic mass is 9.92. The third-order valence-electron chi connectivity index (χ3n) is 8.60. The van der Waals surface area contributed by atoms with E-state index in [1.807, 2.05) is 0 Å². The molecule has 0 saturated heterocycles. The second kappa shape index (κ2) is 8.95. The molecule has 0 aliphatic heterocycles. The summed E-state index contributed by atoms with van der Waals surface area (Å²) in [5.41, 5.74) is 7.82. The number of hydrogen-bond acceptors (Lipinski definition) is 1. The van der Waals surface area contributed by atoms with E-state index in [0.717, 1.165) is 44.5 Å². The fourth-order valence-electron chi connectivity index (χ4n) is 6.78. The van der Waals surface area contributed by atoms with Gasteiger partial charge in [0.15, 0.2) is 0 Å². The molecular formula is C40H25NO. The van der Waals surface area contributed by atoms with E-state index in [2.05, 4.69) is 156 Å². The fraction of sp³-hybridized carbons (Fsp3) is 0. The Balaban J connectivity index is 1.33. The molecule has 0 aliphatic rings. The van der Waals surface area contributed by atoms with Crippen molar-refractivity contribution >= 4 is 54.3 Å². The van der Waals surface area contributed by atoms with Gasteiger partial charge in [-0.25, -0.2) is 0 Å². The summed E-state index contributed by atoms with van der Waals surface area (Å²) in [6, 6.07) is 54.0. The molecular weight excluding hydrogens is 510 g/mol. The molecule has 0 amide bonds. The first kappa shape index (κ1) is 23.1. The van der Waals surface area contributed by atoms with Crippen LogP contribution in [0.2, 0.25) is 0 Å². The Morgan fingerprint density at radius 1 is 0.381 bits per heavy atom. The minimum Gasteiger partial charge on any atom is -0.455 e. The Kier molecular flexibility index (Phi) is 4.93. The van der Waals surface area contributed by atoms with Gasteiger partial charge in [0.25, 0.3) is 0 Å². The van der Waals surface area contributed by atoms with Crippen molar-refractivity contribution in [3.63, 3.8) is 0 Å². The minimum atomic E-state index is 0.895. The maximum atomic E-state index is 6.93. The maximum Gasteiger partial charge on any atom is 0.143 e. The molecule has 0 aliphatic carbocycles. The van der Waals surface area contributed by atoms with Gasteiger partial charge in [-0.1, -0.05) is 115 Å². The highest BCUT2D eigenvalue weighted by Crippen LogP contribution is 2.47. The number of rotatable bonds is 3. The molecule has 7 aromatic carbocycles. The zero-order chi connectivity index (χ0) is 27.6. The summed E-state index contributed by atoms with van der Waals surface area (Å²) in [5.74, 6) is 0.895. The second-order valence-electron chi connectivity index (χ2n) is 10.9. The van der Waals surface area contributed by atoms with E-state index >= 15 is 0 Å². The summed E-state index contributed by atoms with van der Waals surface area (Å²) < 4.78 is 9.28. The molecule has 0 N–H and O–H groups in total. The summed E-state index contributed by atoms with van der Waals surface area (Å²) in [4.78, 5) is 0. The average molecular weight is 536 g/mol. The van der Waals surface area contributed by atoms with Crippen LogP contribution in [0.4, 0.5) is 0 Å². The van der Waals surface area contributed by atoms with Crippen molar-refractivity contribution in [3.8, 4) is 28.1 Å².